The highest BCUT2D eigenvalue weighted by Gasteiger charge is 2.20. The van der Waals surface area contributed by atoms with Gasteiger partial charge in [0.15, 0.2) is 5.58 Å². The average Bonchev–Trinajstić information content (AvgIpc) is 2.92. The summed E-state index contributed by atoms with van der Waals surface area (Å²) in [5.41, 5.74) is 3.12. The van der Waals surface area contributed by atoms with Crippen molar-refractivity contribution in [2.45, 2.75) is 25.3 Å². The summed E-state index contributed by atoms with van der Waals surface area (Å²) < 4.78 is 37.8. The zero-order valence-electron chi connectivity index (χ0n) is 15.8. The first-order valence-corrected chi connectivity index (χ1v) is 9.65. The first-order valence-electron chi connectivity index (χ1n) is 8.21. The summed E-state index contributed by atoms with van der Waals surface area (Å²) in [7, 11) is 0.859. The molecule has 2 heterocycles. The lowest BCUT2D eigenvalue weighted by atomic mass is 10.1. The maximum absolute atomic E-state index is 12.3. The molecule has 0 saturated heterocycles. The number of hydrogen-bond donors (Lipinski definition) is 0. The smallest absolute Gasteiger partial charge is 0.420 e. The van der Waals surface area contributed by atoms with Crippen LogP contribution in [0.3, 0.4) is 0 Å². The summed E-state index contributed by atoms with van der Waals surface area (Å²) in [5, 5.41) is 0. The van der Waals surface area contributed by atoms with Gasteiger partial charge in [0, 0.05) is 37.5 Å². The summed E-state index contributed by atoms with van der Waals surface area (Å²) in [6.45, 7) is 3.96. The molecule has 0 fully saturated rings. The molecule has 0 radical (unpaired) electrons. The van der Waals surface area contributed by atoms with Gasteiger partial charge in [-0.15, -0.1) is 0 Å². The first-order chi connectivity index (χ1) is 12.7. The quantitative estimate of drug-likeness (QED) is 0.659. The van der Waals surface area contributed by atoms with Crippen LogP contribution in [0.5, 0.6) is 5.75 Å². The van der Waals surface area contributed by atoms with E-state index in [2.05, 4.69) is 4.98 Å². The predicted octanol–water partition coefficient (Wildman–Crippen LogP) is 1.91. The van der Waals surface area contributed by atoms with E-state index in [0.717, 1.165) is 21.2 Å². The lowest BCUT2D eigenvalue weighted by Gasteiger charge is -2.12. The zero-order valence-corrected chi connectivity index (χ0v) is 16.6. The summed E-state index contributed by atoms with van der Waals surface area (Å²) in [4.78, 5) is 16.8. The van der Waals surface area contributed by atoms with Crippen LogP contribution in [0.25, 0.3) is 11.1 Å². The van der Waals surface area contributed by atoms with E-state index < -0.39 is 15.8 Å². The molecule has 144 valence electrons. The first kappa shape index (κ1) is 19.1. The second-order valence-electron chi connectivity index (χ2n) is 6.42. The van der Waals surface area contributed by atoms with Crippen molar-refractivity contribution in [3.05, 3.63) is 51.8 Å². The van der Waals surface area contributed by atoms with Gasteiger partial charge < -0.3 is 9.15 Å². The van der Waals surface area contributed by atoms with Crippen LogP contribution in [0.4, 0.5) is 0 Å². The molecule has 9 heteroatoms. The molecular formula is C18H21N3O5S. The SMILES string of the molecule is COc1c(C)cnc(Cn2c(=O)oc3cc(S(=O)(=O)N(C)C)ccc32)c1C. The van der Waals surface area contributed by atoms with Gasteiger partial charge in [-0.25, -0.2) is 17.5 Å². The third-order valence-corrected chi connectivity index (χ3v) is 6.29. The van der Waals surface area contributed by atoms with Gasteiger partial charge in [-0.2, -0.15) is 0 Å². The van der Waals surface area contributed by atoms with Crippen molar-refractivity contribution in [1.82, 2.24) is 13.9 Å². The number of aromatic nitrogens is 2. The van der Waals surface area contributed by atoms with Crippen molar-refractivity contribution in [2.75, 3.05) is 21.2 Å². The molecule has 1 aromatic carbocycles. The van der Waals surface area contributed by atoms with Gasteiger partial charge >= 0.3 is 5.76 Å². The highest BCUT2D eigenvalue weighted by molar-refractivity contribution is 7.89. The van der Waals surface area contributed by atoms with Gasteiger partial charge in [-0.3, -0.25) is 9.55 Å². The van der Waals surface area contributed by atoms with Crippen molar-refractivity contribution in [2.24, 2.45) is 0 Å². The van der Waals surface area contributed by atoms with E-state index in [1.165, 1.54) is 30.8 Å². The molecule has 0 saturated carbocycles. The number of pyridine rings is 1. The highest BCUT2D eigenvalue weighted by atomic mass is 32.2. The van der Waals surface area contributed by atoms with E-state index in [0.29, 0.717) is 11.2 Å². The number of benzene rings is 1. The second-order valence-corrected chi connectivity index (χ2v) is 8.57. The molecule has 3 rings (SSSR count). The summed E-state index contributed by atoms with van der Waals surface area (Å²) in [5.74, 6) is 0.144. The second kappa shape index (κ2) is 6.82. The Bertz CT molecular complexity index is 1180. The number of ether oxygens (including phenoxy) is 1. The van der Waals surface area contributed by atoms with Crippen molar-refractivity contribution < 1.29 is 17.6 Å². The largest absolute Gasteiger partial charge is 0.496 e. The van der Waals surface area contributed by atoms with Gasteiger partial charge in [-0.05, 0) is 26.0 Å². The average molecular weight is 391 g/mol. The van der Waals surface area contributed by atoms with Crippen LogP contribution in [0, 0.1) is 13.8 Å². The Labute approximate surface area is 157 Å². The monoisotopic (exact) mass is 391 g/mol. The molecule has 3 aromatic rings. The number of methoxy groups -OCH3 is 1. The van der Waals surface area contributed by atoms with Crippen LogP contribution in [0.2, 0.25) is 0 Å². The van der Waals surface area contributed by atoms with E-state index >= 15 is 0 Å². The van der Waals surface area contributed by atoms with Gasteiger partial charge in [0.1, 0.15) is 5.75 Å². The lowest BCUT2D eigenvalue weighted by Crippen LogP contribution is -2.22. The van der Waals surface area contributed by atoms with Crippen molar-refractivity contribution in [3.63, 3.8) is 0 Å². The van der Waals surface area contributed by atoms with E-state index in [1.807, 2.05) is 13.8 Å². The normalized spacial score (nSPS) is 12.1. The van der Waals surface area contributed by atoms with Gasteiger partial charge in [0.05, 0.1) is 29.8 Å². The Morgan fingerprint density at radius 2 is 1.96 bits per heavy atom. The Morgan fingerprint density at radius 3 is 2.59 bits per heavy atom. The predicted molar refractivity (Wildman–Crippen MR) is 101 cm³/mol. The summed E-state index contributed by atoms with van der Waals surface area (Å²) in [6, 6.07) is 4.38. The van der Waals surface area contributed by atoms with Crippen LogP contribution < -0.4 is 10.5 Å². The molecule has 0 bridgehead atoms. The third-order valence-electron chi connectivity index (χ3n) is 4.48. The Kier molecular flexibility index (Phi) is 4.83. The Balaban J connectivity index is 2.10. The minimum absolute atomic E-state index is 0.0622. The summed E-state index contributed by atoms with van der Waals surface area (Å²) in [6.07, 6.45) is 1.69. The molecular weight excluding hydrogens is 370 g/mol. The van der Waals surface area contributed by atoms with E-state index in [4.69, 9.17) is 9.15 Å². The third kappa shape index (κ3) is 3.24. The van der Waals surface area contributed by atoms with Crippen molar-refractivity contribution in [3.8, 4) is 5.75 Å². The molecule has 0 atom stereocenters. The molecule has 0 N–H and O–H groups in total. The number of nitrogens with zero attached hydrogens (tertiary/aromatic N) is 3. The molecule has 0 aliphatic carbocycles. The van der Waals surface area contributed by atoms with Crippen LogP contribution in [-0.2, 0) is 16.6 Å². The minimum atomic E-state index is -3.62. The minimum Gasteiger partial charge on any atom is -0.496 e. The molecule has 27 heavy (non-hydrogen) atoms. The highest BCUT2D eigenvalue weighted by Crippen LogP contribution is 2.26. The van der Waals surface area contributed by atoms with E-state index in [9.17, 15) is 13.2 Å². The number of aryl methyl sites for hydroxylation is 1. The fraction of sp³-hybridized carbons (Fsp3) is 0.333. The van der Waals surface area contributed by atoms with Crippen LogP contribution in [-0.4, -0.2) is 43.5 Å². The van der Waals surface area contributed by atoms with Crippen molar-refractivity contribution >= 4 is 21.1 Å². The number of oxazole rings is 1. The van der Waals surface area contributed by atoms with Crippen LogP contribution in [0.15, 0.2) is 38.5 Å². The number of fused-ring (bicyclic) bond motifs is 1. The molecule has 0 amide bonds. The van der Waals surface area contributed by atoms with Gasteiger partial charge in [-0.1, -0.05) is 0 Å². The number of sulfonamides is 1. The van der Waals surface area contributed by atoms with E-state index in [-0.39, 0.29) is 17.0 Å². The Morgan fingerprint density at radius 1 is 1.26 bits per heavy atom. The van der Waals surface area contributed by atoms with E-state index in [1.54, 1.807) is 19.4 Å². The van der Waals surface area contributed by atoms with Crippen LogP contribution in [0.1, 0.15) is 16.8 Å². The lowest BCUT2D eigenvalue weighted by molar-refractivity contribution is 0.406. The fourth-order valence-corrected chi connectivity index (χ4v) is 3.87. The maximum atomic E-state index is 12.3. The molecule has 0 aliphatic heterocycles. The number of rotatable bonds is 5. The van der Waals surface area contributed by atoms with Crippen molar-refractivity contribution in [1.29, 1.82) is 0 Å². The molecule has 2 aromatic heterocycles. The summed E-state index contributed by atoms with van der Waals surface area (Å²) >= 11 is 0. The molecule has 0 spiro atoms. The van der Waals surface area contributed by atoms with Crippen LogP contribution >= 0.6 is 0 Å². The standard InChI is InChI=1S/C18H21N3O5S/c1-11-9-19-14(12(2)17(11)25-5)10-21-15-7-6-13(27(23,24)20(3)4)8-16(15)26-18(21)22/h6-9H,10H2,1-5H3. The van der Waals surface area contributed by atoms with Gasteiger partial charge in [0.25, 0.3) is 0 Å². The maximum Gasteiger partial charge on any atom is 0.420 e. The number of hydrogen-bond acceptors (Lipinski definition) is 6. The fourth-order valence-electron chi connectivity index (χ4n) is 2.95. The topological polar surface area (TPSA) is 94.6 Å². The Hall–Kier alpha value is -2.65. The zero-order chi connectivity index (χ0) is 19.9. The molecule has 0 unspecified atom stereocenters. The molecule has 8 nitrogen and oxygen atoms in total. The van der Waals surface area contributed by atoms with Gasteiger partial charge in [0.2, 0.25) is 10.0 Å². The molecule has 0 aliphatic rings.